The molecule has 50 heavy (non-hydrogen) atoms. The van der Waals surface area contributed by atoms with E-state index in [0.717, 1.165) is 29.5 Å². The summed E-state index contributed by atoms with van der Waals surface area (Å²) in [7, 11) is 0. The highest BCUT2D eigenvalue weighted by molar-refractivity contribution is 5.19. The number of fused-ring (bicyclic) bond motifs is 2. The summed E-state index contributed by atoms with van der Waals surface area (Å²) < 4.78 is 65.8. The van der Waals surface area contributed by atoms with Gasteiger partial charge in [-0.1, -0.05) is 91.0 Å². The Kier molecular flexibility index (Phi) is 9.86. The van der Waals surface area contributed by atoms with E-state index in [4.69, 9.17) is 47.4 Å². The molecule has 0 unspecified atom stereocenters. The van der Waals surface area contributed by atoms with E-state index < -0.39 is 66.9 Å². The van der Waals surface area contributed by atoms with Crippen molar-refractivity contribution in [3.8, 4) is 0 Å². The van der Waals surface area contributed by atoms with Gasteiger partial charge in [-0.05, 0) is 57.2 Å². The lowest BCUT2D eigenvalue weighted by Crippen LogP contribution is -2.63. The molecule has 0 amide bonds. The van der Waals surface area contributed by atoms with Crippen LogP contribution in [0, 0.1) is 0 Å². The summed E-state index contributed by atoms with van der Waals surface area (Å²) in [6, 6.07) is 30.6. The Morgan fingerprint density at radius 3 is 1.84 bits per heavy atom. The Morgan fingerprint density at radius 2 is 1.20 bits per heavy atom. The molecule has 8 rings (SSSR count). The fourth-order valence-electron chi connectivity index (χ4n) is 7.76. The molecule has 3 aromatic carbocycles. The molecular weight excluding hydrogens is 640 g/mol. The minimum absolute atomic E-state index is 0.0985. The Morgan fingerprint density at radius 1 is 0.580 bits per heavy atom. The van der Waals surface area contributed by atoms with Gasteiger partial charge in [0.1, 0.15) is 42.7 Å². The quantitative estimate of drug-likeness (QED) is 0.245. The monoisotopic (exact) mass is 688 g/mol. The topological polar surface area (TPSA) is 92.3 Å². The van der Waals surface area contributed by atoms with Gasteiger partial charge in [0.15, 0.2) is 24.2 Å². The zero-order valence-corrected chi connectivity index (χ0v) is 29.1. The van der Waals surface area contributed by atoms with Gasteiger partial charge < -0.3 is 47.4 Å². The second-order valence-corrected chi connectivity index (χ2v) is 14.7. The lowest BCUT2D eigenvalue weighted by atomic mass is 9.89. The fraction of sp³-hybridized carbons (Fsp3) is 0.550. The van der Waals surface area contributed by atoms with Crippen LogP contribution in [-0.2, 0) is 60.6 Å². The third kappa shape index (κ3) is 7.43. The molecule has 0 N–H and O–H groups in total. The number of ether oxygens (including phenoxy) is 10. The lowest BCUT2D eigenvalue weighted by molar-refractivity contribution is -0.352. The van der Waals surface area contributed by atoms with Gasteiger partial charge in [0, 0.05) is 0 Å². The van der Waals surface area contributed by atoms with Gasteiger partial charge in [-0.15, -0.1) is 0 Å². The second kappa shape index (κ2) is 14.4. The number of rotatable bonds is 10. The van der Waals surface area contributed by atoms with E-state index in [0.29, 0.717) is 19.8 Å². The highest BCUT2D eigenvalue weighted by Crippen LogP contribution is 2.45. The minimum atomic E-state index is -0.846. The van der Waals surface area contributed by atoms with Gasteiger partial charge in [0.25, 0.3) is 0 Å². The van der Waals surface area contributed by atoms with Crippen LogP contribution in [0.15, 0.2) is 91.0 Å². The maximum atomic E-state index is 7.05. The van der Waals surface area contributed by atoms with Crippen LogP contribution in [0.5, 0.6) is 0 Å². The van der Waals surface area contributed by atoms with Crippen molar-refractivity contribution >= 4 is 0 Å². The summed E-state index contributed by atoms with van der Waals surface area (Å²) in [5, 5.41) is 0. The molecule has 5 saturated heterocycles. The van der Waals surface area contributed by atoms with Crippen molar-refractivity contribution in [3.05, 3.63) is 108 Å². The Bertz CT molecular complexity index is 1540. The van der Waals surface area contributed by atoms with E-state index in [1.54, 1.807) is 0 Å². The highest BCUT2D eigenvalue weighted by Gasteiger charge is 2.61. The minimum Gasteiger partial charge on any atom is -0.368 e. The normalized spacial score (nSPS) is 37.3. The van der Waals surface area contributed by atoms with Crippen LogP contribution in [0.3, 0.4) is 0 Å². The molecule has 0 spiro atoms. The van der Waals surface area contributed by atoms with Gasteiger partial charge in [0.2, 0.25) is 0 Å². The van der Waals surface area contributed by atoms with Crippen molar-refractivity contribution in [2.45, 2.75) is 133 Å². The van der Waals surface area contributed by atoms with Crippen molar-refractivity contribution in [1.82, 2.24) is 0 Å². The van der Waals surface area contributed by atoms with Crippen LogP contribution in [0.25, 0.3) is 0 Å². The van der Waals surface area contributed by atoms with Crippen LogP contribution in [0.1, 0.15) is 63.3 Å². The predicted molar refractivity (Wildman–Crippen MR) is 180 cm³/mol. The Balaban J connectivity index is 1.12. The average molecular weight is 689 g/mol. The summed E-state index contributed by atoms with van der Waals surface area (Å²) in [4.78, 5) is 0. The first-order chi connectivity index (χ1) is 24.2. The molecule has 0 aliphatic carbocycles. The molecule has 10 nitrogen and oxygen atoms in total. The molecule has 5 heterocycles. The van der Waals surface area contributed by atoms with Crippen molar-refractivity contribution in [2.75, 3.05) is 6.61 Å². The van der Waals surface area contributed by atoms with E-state index in [1.165, 1.54) is 0 Å². The second-order valence-electron chi connectivity index (χ2n) is 14.7. The van der Waals surface area contributed by atoms with E-state index in [2.05, 4.69) is 24.3 Å². The van der Waals surface area contributed by atoms with E-state index in [-0.39, 0.29) is 12.2 Å². The van der Waals surface area contributed by atoms with Crippen LogP contribution in [-0.4, -0.2) is 79.6 Å². The summed E-state index contributed by atoms with van der Waals surface area (Å²) in [5.74, 6) is -1.60. The largest absolute Gasteiger partial charge is 0.368 e. The third-order valence-electron chi connectivity index (χ3n) is 10.1. The van der Waals surface area contributed by atoms with Gasteiger partial charge >= 0.3 is 0 Å². The van der Waals surface area contributed by atoms with Gasteiger partial charge in [-0.3, -0.25) is 0 Å². The molecule has 0 radical (unpaired) electrons. The van der Waals surface area contributed by atoms with Gasteiger partial charge in [-0.25, -0.2) is 0 Å². The molecule has 5 aliphatic heterocycles. The van der Waals surface area contributed by atoms with Crippen LogP contribution < -0.4 is 0 Å². The van der Waals surface area contributed by atoms with E-state index in [1.807, 2.05) is 94.4 Å². The number of hydrogen-bond acceptors (Lipinski definition) is 10. The summed E-state index contributed by atoms with van der Waals surface area (Å²) >= 11 is 0. The van der Waals surface area contributed by atoms with Crippen LogP contribution in [0.2, 0.25) is 0 Å². The molecule has 0 aromatic heterocycles. The van der Waals surface area contributed by atoms with Crippen LogP contribution in [0.4, 0.5) is 0 Å². The van der Waals surface area contributed by atoms with Crippen molar-refractivity contribution in [2.24, 2.45) is 0 Å². The molecule has 11 atom stereocenters. The molecule has 3 aromatic rings. The molecule has 10 heteroatoms. The summed E-state index contributed by atoms with van der Waals surface area (Å²) in [6.07, 6.45) is -3.96. The summed E-state index contributed by atoms with van der Waals surface area (Å²) in [6.45, 7) is 8.60. The molecule has 268 valence electrons. The Labute approximate surface area is 294 Å². The first-order valence-corrected chi connectivity index (χ1v) is 17.9. The molecule has 0 saturated carbocycles. The van der Waals surface area contributed by atoms with Gasteiger partial charge in [-0.2, -0.15) is 0 Å². The van der Waals surface area contributed by atoms with E-state index in [9.17, 15) is 0 Å². The smallest absolute Gasteiger partial charge is 0.190 e. The molecule has 0 bridgehead atoms. The van der Waals surface area contributed by atoms with Crippen molar-refractivity contribution in [3.63, 3.8) is 0 Å². The predicted octanol–water partition coefficient (Wildman–Crippen LogP) is 6.22. The number of benzene rings is 3. The maximum absolute atomic E-state index is 7.05. The lowest BCUT2D eigenvalue weighted by Gasteiger charge is -2.50. The Hall–Kier alpha value is -2.74. The summed E-state index contributed by atoms with van der Waals surface area (Å²) in [5.41, 5.74) is 3.21. The molecule has 5 aliphatic rings. The van der Waals surface area contributed by atoms with Crippen molar-refractivity contribution in [1.29, 1.82) is 0 Å². The third-order valence-corrected chi connectivity index (χ3v) is 10.1. The maximum Gasteiger partial charge on any atom is 0.190 e. The van der Waals surface area contributed by atoms with Crippen LogP contribution >= 0.6 is 0 Å². The first-order valence-electron chi connectivity index (χ1n) is 17.9. The zero-order chi connectivity index (χ0) is 34.3. The fourth-order valence-corrected chi connectivity index (χ4v) is 7.76. The number of hydrogen-bond donors (Lipinski definition) is 0. The van der Waals surface area contributed by atoms with E-state index >= 15 is 0 Å². The first kappa shape index (κ1) is 34.4. The van der Waals surface area contributed by atoms with Gasteiger partial charge in [0.05, 0.1) is 32.0 Å². The SMILES string of the molecule is CC1(C)O[C@H]2O[C@H]([C@H]3COC(C)(C)O3)[C@H](O[C@H]3O[C@@H]4CC[C@@H](c5ccccc5)O[C@H]4[C@H](OCc4ccccc4)[C@@H]3OCc3ccccc3)[C@H]2O1. The molecular formula is C40H48O10. The standard InChI is InChI=1S/C40H48O10/c1-39(2)43-24-30(48-39)32-34(36-38(46-32)50-40(3,4)49-36)47-37-35(42-23-26-16-10-6-11-17-26)33(41-22-25-14-8-5-9-15-25)31-29(45-37)21-20-28(44-31)27-18-12-7-13-19-27/h5-19,28-38H,20-24H2,1-4H3/t28-,29+,30+,31+,32+,33-,34-,35-,36+,37+,38+/m0/s1. The molecule has 5 fully saturated rings. The highest BCUT2D eigenvalue weighted by atomic mass is 16.9. The zero-order valence-electron chi connectivity index (χ0n) is 29.1. The van der Waals surface area contributed by atoms with Crippen molar-refractivity contribution < 1.29 is 47.4 Å². The average Bonchev–Trinajstić information content (AvgIpc) is 3.75.